The van der Waals surface area contributed by atoms with Crippen LogP contribution < -0.4 is 9.64 Å². The molecule has 116 valence electrons. The predicted molar refractivity (Wildman–Crippen MR) is 82.1 cm³/mol. The lowest BCUT2D eigenvalue weighted by molar-refractivity contribution is -0.111. The predicted octanol–water partition coefficient (Wildman–Crippen LogP) is 3.59. The van der Waals surface area contributed by atoms with Crippen LogP contribution in [0.4, 0.5) is 10.5 Å². The molecule has 0 spiro atoms. The first-order valence-corrected chi connectivity index (χ1v) is 6.93. The van der Waals surface area contributed by atoms with E-state index in [1.807, 2.05) is 0 Å². The zero-order valence-electron chi connectivity index (χ0n) is 12.7. The fraction of sp³-hybridized carbons (Fsp3) is 0.467. The maximum atomic E-state index is 12.2. The van der Waals surface area contributed by atoms with E-state index >= 15 is 0 Å². The van der Waals surface area contributed by atoms with E-state index in [1.165, 1.54) is 4.90 Å². The number of halogens is 1. The molecule has 0 saturated carbocycles. The molecule has 0 N–H and O–H groups in total. The number of ether oxygens (including phenoxy) is 2. The Balaban J connectivity index is 2.94. The third kappa shape index (κ3) is 6.04. The van der Waals surface area contributed by atoms with Crippen LogP contribution in [0.1, 0.15) is 27.2 Å². The highest BCUT2D eigenvalue weighted by Crippen LogP contribution is 2.22. The van der Waals surface area contributed by atoms with E-state index in [-0.39, 0.29) is 13.0 Å². The molecule has 0 fully saturated rings. The number of amides is 1. The highest BCUT2D eigenvalue weighted by atomic mass is 35.5. The van der Waals surface area contributed by atoms with Crippen molar-refractivity contribution < 1.29 is 19.1 Å². The molecule has 0 heterocycles. The number of carbonyl (C=O) groups is 2. The van der Waals surface area contributed by atoms with Gasteiger partial charge in [-0.2, -0.15) is 0 Å². The van der Waals surface area contributed by atoms with E-state index < -0.39 is 16.9 Å². The maximum absolute atomic E-state index is 12.2. The largest absolute Gasteiger partial charge is 0.497 e. The molecule has 0 saturated heterocycles. The Morgan fingerprint density at radius 3 is 2.19 bits per heavy atom. The van der Waals surface area contributed by atoms with Crippen LogP contribution in [0.15, 0.2) is 24.3 Å². The van der Waals surface area contributed by atoms with E-state index in [9.17, 15) is 9.59 Å². The Morgan fingerprint density at radius 2 is 1.76 bits per heavy atom. The Morgan fingerprint density at radius 1 is 1.19 bits per heavy atom. The first-order valence-electron chi connectivity index (χ1n) is 6.56. The van der Waals surface area contributed by atoms with Gasteiger partial charge in [0, 0.05) is 18.7 Å². The van der Waals surface area contributed by atoms with Gasteiger partial charge < -0.3 is 9.47 Å². The topological polar surface area (TPSA) is 55.8 Å². The average molecular weight is 314 g/mol. The number of carbonyl (C=O) groups excluding carboxylic acids is 2. The Bertz CT molecular complexity index is 493. The molecular weight excluding hydrogens is 294 g/mol. The second-order valence-electron chi connectivity index (χ2n) is 5.44. The first kappa shape index (κ1) is 17.3. The molecule has 0 bridgehead atoms. The number of benzene rings is 1. The maximum Gasteiger partial charge on any atom is 0.414 e. The van der Waals surface area contributed by atoms with Gasteiger partial charge in [0.25, 0.3) is 0 Å². The van der Waals surface area contributed by atoms with Gasteiger partial charge in [0.15, 0.2) is 0 Å². The monoisotopic (exact) mass is 313 g/mol. The Labute approximate surface area is 129 Å². The fourth-order valence-electron chi connectivity index (χ4n) is 1.60. The average Bonchev–Trinajstić information content (AvgIpc) is 2.37. The van der Waals surface area contributed by atoms with Crippen LogP contribution in [0.25, 0.3) is 0 Å². The van der Waals surface area contributed by atoms with Gasteiger partial charge in [-0.1, -0.05) is 0 Å². The second kappa shape index (κ2) is 7.31. The zero-order valence-corrected chi connectivity index (χ0v) is 13.4. The van der Waals surface area contributed by atoms with Gasteiger partial charge in [0.1, 0.15) is 11.4 Å². The number of methoxy groups -OCH3 is 1. The van der Waals surface area contributed by atoms with Gasteiger partial charge in [-0.3, -0.25) is 9.69 Å². The molecule has 21 heavy (non-hydrogen) atoms. The molecule has 5 nitrogen and oxygen atoms in total. The molecule has 0 atom stereocenters. The van der Waals surface area contributed by atoms with Crippen LogP contribution >= 0.6 is 11.6 Å². The van der Waals surface area contributed by atoms with E-state index in [2.05, 4.69) is 0 Å². The summed E-state index contributed by atoms with van der Waals surface area (Å²) in [6.07, 6.45) is -0.474. The van der Waals surface area contributed by atoms with Crippen LogP contribution in [0, 0.1) is 0 Å². The van der Waals surface area contributed by atoms with E-state index in [0.717, 1.165) is 0 Å². The third-order valence-corrected chi connectivity index (χ3v) is 2.72. The summed E-state index contributed by atoms with van der Waals surface area (Å²) in [6, 6.07) is 6.91. The van der Waals surface area contributed by atoms with Crippen molar-refractivity contribution in [2.45, 2.75) is 32.8 Å². The molecule has 1 aromatic rings. The van der Waals surface area contributed by atoms with Crippen LogP contribution in [-0.4, -0.2) is 30.6 Å². The van der Waals surface area contributed by atoms with Crippen LogP contribution in [0.5, 0.6) is 5.75 Å². The second-order valence-corrected chi connectivity index (χ2v) is 5.86. The van der Waals surface area contributed by atoms with Gasteiger partial charge >= 0.3 is 6.09 Å². The fourth-order valence-corrected chi connectivity index (χ4v) is 1.69. The highest BCUT2D eigenvalue weighted by Gasteiger charge is 2.23. The Hall–Kier alpha value is -1.75. The third-order valence-electron chi connectivity index (χ3n) is 2.53. The van der Waals surface area contributed by atoms with Crippen LogP contribution in [-0.2, 0) is 9.53 Å². The summed E-state index contributed by atoms with van der Waals surface area (Å²) in [4.78, 5) is 24.6. The van der Waals surface area contributed by atoms with Gasteiger partial charge in [-0.05, 0) is 56.6 Å². The quantitative estimate of drug-likeness (QED) is 0.779. The molecule has 0 aromatic heterocycles. The van der Waals surface area contributed by atoms with Crippen molar-refractivity contribution in [3.05, 3.63) is 24.3 Å². The lowest BCUT2D eigenvalue weighted by Gasteiger charge is -2.27. The molecule has 1 rings (SSSR count). The van der Waals surface area contributed by atoms with Crippen LogP contribution in [0.3, 0.4) is 0 Å². The molecule has 0 aliphatic carbocycles. The summed E-state index contributed by atoms with van der Waals surface area (Å²) in [5, 5.41) is -0.503. The first-order chi connectivity index (χ1) is 9.73. The summed E-state index contributed by atoms with van der Waals surface area (Å²) in [5.74, 6) is 0.677. The minimum atomic E-state index is -0.618. The molecule has 0 unspecified atom stereocenters. The molecule has 1 amide bonds. The van der Waals surface area contributed by atoms with Gasteiger partial charge in [0.2, 0.25) is 5.24 Å². The van der Waals surface area contributed by atoms with Crippen molar-refractivity contribution >= 4 is 28.6 Å². The van der Waals surface area contributed by atoms with Crippen molar-refractivity contribution in [2.75, 3.05) is 18.6 Å². The lowest BCUT2D eigenvalue weighted by atomic mass is 10.2. The van der Waals surface area contributed by atoms with Gasteiger partial charge in [0.05, 0.1) is 7.11 Å². The van der Waals surface area contributed by atoms with Crippen molar-refractivity contribution in [3.8, 4) is 5.75 Å². The minimum absolute atomic E-state index is 0.0484. The highest BCUT2D eigenvalue weighted by molar-refractivity contribution is 6.63. The van der Waals surface area contributed by atoms with E-state index in [0.29, 0.717) is 11.4 Å². The van der Waals surface area contributed by atoms with Crippen molar-refractivity contribution in [1.29, 1.82) is 0 Å². The zero-order chi connectivity index (χ0) is 16.0. The number of anilines is 1. The van der Waals surface area contributed by atoms with E-state index in [4.69, 9.17) is 21.1 Å². The molecule has 0 aliphatic heterocycles. The summed E-state index contributed by atoms with van der Waals surface area (Å²) in [5.41, 5.74) is -0.00442. The summed E-state index contributed by atoms with van der Waals surface area (Å²) in [6.45, 7) is 5.50. The molecule has 0 aliphatic rings. The SMILES string of the molecule is COc1ccc(N(CCC(=O)Cl)C(=O)OC(C)(C)C)cc1. The molecule has 1 aromatic carbocycles. The summed E-state index contributed by atoms with van der Waals surface area (Å²) >= 11 is 5.36. The standard InChI is InChI=1S/C15H20ClNO4/c1-15(2,3)21-14(19)17(10-9-13(16)18)11-5-7-12(20-4)8-6-11/h5-8H,9-10H2,1-4H3. The van der Waals surface area contributed by atoms with Gasteiger partial charge in [-0.15, -0.1) is 0 Å². The number of hydrogen-bond acceptors (Lipinski definition) is 4. The summed E-state index contributed by atoms with van der Waals surface area (Å²) in [7, 11) is 1.56. The van der Waals surface area contributed by atoms with Crippen molar-refractivity contribution in [1.82, 2.24) is 0 Å². The van der Waals surface area contributed by atoms with Gasteiger partial charge in [-0.25, -0.2) is 4.79 Å². The normalized spacial score (nSPS) is 10.9. The van der Waals surface area contributed by atoms with Crippen molar-refractivity contribution in [3.63, 3.8) is 0 Å². The van der Waals surface area contributed by atoms with Crippen LogP contribution in [0.2, 0.25) is 0 Å². The smallest absolute Gasteiger partial charge is 0.414 e. The minimum Gasteiger partial charge on any atom is -0.497 e. The molecular formula is C15H20ClNO4. The number of rotatable bonds is 5. The molecule has 0 radical (unpaired) electrons. The number of nitrogens with zero attached hydrogens (tertiary/aromatic N) is 1. The van der Waals surface area contributed by atoms with Crippen molar-refractivity contribution in [2.24, 2.45) is 0 Å². The lowest BCUT2D eigenvalue weighted by Crippen LogP contribution is -2.37. The summed E-state index contributed by atoms with van der Waals surface area (Å²) < 4.78 is 10.4. The number of hydrogen-bond donors (Lipinski definition) is 0. The molecule has 6 heteroatoms. The van der Waals surface area contributed by atoms with E-state index in [1.54, 1.807) is 52.1 Å². The Kier molecular flexibility index (Phi) is 6.03.